The van der Waals surface area contributed by atoms with Crippen molar-refractivity contribution in [1.29, 1.82) is 0 Å². The van der Waals surface area contributed by atoms with Gasteiger partial charge in [-0.15, -0.1) is 0 Å². The molecule has 1 amide bonds. The number of anilines is 1. The Labute approximate surface area is 132 Å². The van der Waals surface area contributed by atoms with Crippen LogP contribution >= 0.6 is 0 Å². The number of aliphatic carboxylic acids is 1. The molecule has 23 heavy (non-hydrogen) atoms. The Balaban J connectivity index is 1.89. The second-order valence-electron chi connectivity index (χ2n) is 4.62. The van der Waals surface area contributed by atoms with Crippen molar-refractivity contribution in [3.8, 4) is 11.5 Å². The third-order valence-electron chi connectivity index (χ3n) is 2.80. The molecule has 2 aromatic carbocycles. The summed E-state index contributed by atoms with van der Waals surface area (Å²) in [5, 5.41) is 20.4. The Morgan fingerprint density at radius 3 is 2.30 bits per heavy atom. The van der Waals surface area contributed by atoms with Crippen LogP contribution in [-0.2, 0) is 9.59 Å². The van der Waals surface area contributed by atoms with Crippen molar-refractivity contribution >= 4 is 23.6 Å². The maximum Gasteiger partial charge on any atom is 0.341 e. The van der Waals surface area contributed by atoms with Crippen LogP contribution in [0, 0.1) is 0 Å². The van der Waals surface area contributed by atoms with E-state index in [2.05, 4.69) is 5.32 Å². The summed E-state index contributed by atoms with van der Waals surface area (Å²) in [6.45, 7) is -0.416. The highest BCUT2D eigenvalue weighted by Gasteiger charge is 2.01. The smallest absolute Gasteiger partial charge is 0.341 e. The van der Waals surface area contributed by atoms with E-state index in [1.54, 1.807) is 42.5 Å². The minimum atomic E-state index is -1.05. The quantitative estimate of drug-likeness (QED) is 0.712. The number of nitrogens with one attached hydrogen (secondary N) is 1. The standard InChI is InChI=1S/C17H15NO5/c19-14-6-1-12(2-7-14)3-10-16(20)18-13-4-8-15(9-5-13)23-11-17(21)22/h1-10,19H,11H2,(H,18,20)(H,21,22). The molecule has 0 saturated carbocycles. The van der Waals surface area contributed by atoms with Crippen LogP contribution in [0.2, 0.25) is 0 Å². The van der Waals surface area contributed by atoms with Crippen molar-refractivity contribution in [2.75, 3.05) is 11.9 Å². The van der Waals surface area contributed by atoms with Gasteiger partial charge in [-0.05, 0) is 48.0 Å². The number of carboxylic acids is 1. The van der Waals surface area contributed by atoms with E-state index in [0.717, 1.165) is 5.56 Å². The predicted octanol–water partition coefficient (Wildman–Crippen LogP) is 2.51. The van der Waals surface area contributed by atoms with Gasteiger partial charge in [-0.3, -0.25) is 4.79 Å². The lowest BCUT2D eigenvalue weighted by Gasteiger charge is -2.05. The van der Waals surface area contributed by atoms with Gasteiger partial charge in [0.15, 0.2) is 6.61 Å². The van der Waals surface area contributed by atoms with E-state index in [4.69, 9.17) is 9.84 Å². The Kier molecular flexibility index (Phi) is 5.35. The van der Waals surface area contributed by atoms with Crippen molar-refractivity contribution in [1.82, 2.24) is 0 Å². The topological polar surface area (TPSA) is 95.9 Å². The number of benzene rings is 2. The molecule has 6 heteroatoms. The van der Waals surface area contributed by atoms with E-state index in [1.165, 1.54) is 18.2 Å². The van der Waals surface area contributed by atoms with Crippen molar-refractivity contribution < 1.29 is 24.5 Å². The minimum Gasteiger partial charge on any atom is -0.508 e. The van der Waals surface area contributed by atoms with Gasteiger partial charge < -0.3 is 20.3 Å². The fourth-order valence-corrected chi connectivity index (χ4v) is 1.72. The van der Waals surface area contributed by atoms with Crippen LogP contribution in [0.4, 0.5) is 5.69 Å². The second-order valence-corrected chi connectivity index (χ2v) is 4.62. The summed E-state index contributed by atoms with van der Waals surface area (Å²) < 4.78 is 5.00. The summed E-state index contributed by atoms with van der Waals surface area (Å²) in [4.78, 5) is 22.2. The van der Waals surface area contributed by atoms with Gasteiger partial charge in [0.1, 0.15) is 11.5 Å². The number of phenols is 1. The second kappa shape index (κ2) is 7.65. The Bertz CT molecular complexity index is 705. The van der Waals surface area contributed by atoms with Crippen LogP contribution in [-0.4, -0.2) is 28.7 Å². The summed E-state index contributed by atoms with van der Waals surface area (Å²) >= 11 is 0. The van der Waals surface area contributed by atoms with Crippen LogP contribution in [0.15, 0.2) is 54.6 Å². The van der Waals surface area contributed by atoms with Gasteiger partial charge in [0, 0.05) is 11.8 Å². The molecule has 3 N–H and O–H groups in total. The highest BCUT2D eigenvalue weighted by Crippen LogP contribution is 2.16. The number of carbonyl (C=O) groups excluding carboxylic acids is 1. The Morgan fingerprint density at radius 1 is 1.04 bits per heavy atom. The zero-order chi connectivity index (χ0) is 16.7. The van der Waals surface area contributed by atoms with Crippen LogP contribution in [0.25, 0.3) is 6.08 Å². The molecule has 6 nitrogen and oxygen atoms in total. The molecule has 0 aliphatic heterocycles. The first kappa shape index (κ1) is 16.1. The first-order chi connectivity index (χ1) is 11.0. The lowest BCUT2D eigenvalue weighted by molar-refractivity contribution is -0.139. The Morgan fingerprint density at radius 2 is 1.70 bits per heavy atom. The number of ether oxygens (including phenoxy) is 1. The van der Waals surface area contributed by atoms with Crippen molar-refractivity contribution in [2.24, 2.45) is 0 Å². The molecule has 118 valence electrons. The minimum absolute atomic E-state index is 0.164. The first-order valence-corrected chi connectivity index (χ1v) is 6.76. The van der Waals surface area contributed by atoms with Gasteiger partial charge in [-0.2, -0.15) is 0 Å². The summed E-state index contributed by atoms with van der Waals surface area (Å²) in [6, 6.07) is 12.8. The number of hydrogen-bond donors (Lipinski definition) is 3. The van der Waals surface area contributed by atoms with E-state index < -0.39 is 12.6 Å². The molecule has 0 bridgehead atoms. The molecule has 0 spiro atoms. The molecule has 0 unspecified atom stereocenters. The molecule has 0 heterocycles. The van der Waals surface area contributed by atoms with E-state index in [9.17, 15) is 14.7 Å². The molecular weight excluding hydrogens is 298 g/mol. The molecule has 0 saturated heterocycles. The lowest BCUT2D eigenvalue weighted by atomic mass is 10.2. The van der Waals surface area contributed by atoms with E-state index in [0.29, 0.717) is 11.4 Å². The number of carbonyl (C=O) groups is 2. The van der Waals surface area contributed by atoms with E-state index >= 15 is 0 Å². The molecular formula is C17H15NO5. The number of hydrogen-bond acceptors (Lipinski definition) is 4. The third-order valence-corrected chi connectivity index (χ3v) is 2.80. The van der Waals surface area contributed by atoms with Crippen LogP contribution < -0.4 is 10.1 Å². The highest BCUT2D eigenvalue weighted by molar-refractivity contribution is 6.01. The largest absolute Gasteiger partial charge is 0.508 e. The fourth-order valence-electron chi connectivity index (χ4n) is 1.72. The van der Waals surface area contributed by atoms with Gasteiger partial charge in [-0.1, -0.05) is 12.1 Å². The van der Waals surface area contributed by atoms with Gasteiger partial charge in [0.25, 0.3) is 0 Å². The third kappa shape index (κ3) is 5.55. The van der Waals surface area contributed by atoms with E-state index in [-0.39, 0.29) is 11.7 Å². The molecule has 2 aromatic rings. The predicted molar refractivity (Wildman–Crippen MR) is 85.3 cm³/mol. The normalized spacial score (nSPS) is 10.4. The van der Waals surface area contributed by atoms with Gasteiger partial charge in [-0.25, -0.2) is 4.79 Å². The first-order valence-electron chi connectivity index (χ1n) is 6.76. The number of phenolic OH excluding ortho intramolecular Hbond substituents is 1. The van der Waals surface area contributed by atoms with Crippen molar-refractivity contribution in [2.45, 2.75) is 0 Å². The van der Waals surface area contributed by atoms with Crippen LogP contribution in [0.3, 0.4) is 0 Å². The number of aromatic hydroxyl groups is 1. The van der Waals surface area contributed by atoms with Crippen molar-refractivity contribution in [3.63, 3.8) is 0 Å². The number of rotatable bonds is 6. The Hall–Kier alpha value is -3.28. The highest BCUT2D eigenvalue weighted by atomic mass is 16.5. The average molecular weight is 313 g/mol. The SMILES string of the molecule is O=C(O)COc1ccc(NC(=O)C=Cc2ccc(O)cc2)cc1. The monoisotopic (exact) mass is 313 g/mol. The summed E-state index contributed by atoms with van der Waals surface area (Å²) in [5.74, 6) is -0.791. The lowest BCUT2D eigenvalue weighted by Crippen LogP contribution is -2.10. The molecule has 2 rings (SSSR count). The summed E-state index contributed by atoms with van der Waals surface area (Å²) in [6.07, 6.45) is 3.00. The van der Waals surface area contributed by atoms with E-state index in [1.807, 2.05) is 0 Å². The van der Waals surface area contributed by atoms with Crippen LogP contribution in [0.1, 0.15) is 5.56 Å². The average Bonchev–Trinajstić information content (AvgIpc) is 2.53. The molecule has 0 atom stereocenters. The molecule has 0 aromatic heterocycles. The molecule has 0 radical (unpaired) electrons. The summed E-state index contributed by atoms with van der Waals surface area (Å²) in [7, 11) is 0. The molecule has 0 fully saturated rings. The molecule has 0 aliphatic carbocycles. The fraction of sp³-hybridized carbons (Fsp3) is 0.0588. The zero-order valence-corrected chi connectivity index (χ0v) is 12.1. The van der Waals surface area contributed by atoms with Gasteiger partial charge in [0.2, 0.25) is 5.91 Å². The maximum atomic E-state index is 11.8. The maximum absolute atomic E-state index is 11.8. The number of carboxylic acid groups (broad SMARTS) is 1. The zero-order valence-electron chi connectivity index (χ0n) is 12.1. The number of amides is 1. The van der Waals surface area contributed by atoms with Crippen LogP contribution in [0.5, 0.6) is 11.5 Å². The van der Waals surface area contributed by atoms with Gasteiger partial charge >= 0.3 is 5.97 Å². The van der Waals surface area contributed by atoms with Gasteiger partial charge in [0.05, 0.1) is 0 Å². The summed E-state index contributed by atoms with van der Waals surface area (Å²) in [5.41, 5.74) is 1.35. The van der Waals surface area contributed by atoms with Crippen molar-refractivity contribution in [3.05, 3.63) is 60.2 Å². The molecule has 0 aliphatic rings.